The molecule has 1 amide bonds. The minimum atomic E-state index is -0.826. The molecule has 2 aliphatic rings. The van der Waals surface area contributed by atoms with Crippen LogP contribution in [0.4, 0.5) is 9.18 Å². The summed E-state index contributed by atoms with van der Waals surface area (Å²) < 4.78 is 26.3. The highest BCUT2D eigenvalue weighted by atomic mass is 79.9. The average Bonchev–Trinajstić information content (AvgIpc) is 3.16. The van der Waals surface area contributed by atoms with E-state index in [0.29, 0.717) is 12.0 Å². The van der Waals surface area contributed by atoms with E-state index in [1.54, 1.807) is 32.9 Å². The van der Waals surface area contributed by atoms with E-state index in [1.807, 2.05) is 6.92 Å². The van der Waals surface area contributed by atoms with Crippen LogP contribution >= 0.6 is 15.9 Å². The third kappa shape index (κ3) is 4.14. The van der Waals surface area contributed by atoms with Gasteiger partial charge in [0.05, 0.1) is 5.54 Å². The van der Waals surface area contributed by atoms with E-state index in [2.05, 4.69) is 26.2 Å². The minimum Gasteiger partial charge on any atom is -0.458 e. The molecule has 0 radical (unpaired) electrons. The summed E-state index contributed by atoms with van der Waals surface area (Å²) in [5, 5.41) is 2.56. The van der Waals surface area contributed by atoms with E-state index in [9.17, 15) is 9.18 Å². The second kappa shape index (κ2) is 5.97. The molecule has 7 heteroatoms. The number of alkyl carbamates (subject to hydrolysis) is 1. The van der Waals surface area contributed by atoms with Gasteiger partial charge in [0.2, 0.25) is 0 Å². The van der Waals surface area contributed by atoms with Crippen molar-refractivity contribution in [1.82, 2.24) is 5.32 Å². The summed E-state index contributed by atoms with van der Waals surface area (Å²) in [4.78, 5) is 16.6. The molecule has 1 unspecified atom stereocenters. The van der Waals surface area contributed by atoms with Gasteiger partial charge in [0.15, 0.2) is 0 Å². The Morgan fingerprint density at radius 1 is 1.40 bits per heavy atom. The van der Waals surface area contributed by atoms with Gasteiger partial charge in [-0.2, -0.15) is 0 Å². The van der Waals surface area contributed by atoms with Gasteiger partial charge < -0.3 is 9.47 Å². The molecule has 25 heavy (non-hydrogen) atoms. The van der Waals surface area contributed by atoms with Gasteiger partial charge in [0, 0.05) is 16.5 Å². The number of carbonyl (C=O) groups is 1. The Morgan fingerprint density at radius 2 is 2.08 bits per heavy atom. The number of carbonyl (C=O) groups excluding carboxylic acids is 1. The molecule has 1 aliphatic carbocycles. The molecule has 1 aliphatic heterocycles. The van der Waals surface area contributed by atoms with Crippen LogP contribution in [0.3, 0.4) is 0 Å². The van der Waals surface area contributed by atoms with Gasteiger partial charge in [0.1, 0.15) is 17.0 Å². The lowest BCUT2D eigenvalue weighted by Gasteiger charge is -2.36. The first-order valence-electron chi connectivity index (χ1n) is 8.25. The van der Waals surface area contributed by atoms with Crippen molar-refractivity contribution in [3.05, 3.63) is 34.1 Å². The largest absolute Gasteiger partial charge is 0.458 e. The van der Waals surface area contributed by atoms with Crippen LogP contribution < -0.4 is 5.32 Å². The molecule has 0 saturated heterocycles. The normalized spacial score (nSPS) is 24.3. The minimum absolute atomic E-state index is 0.0832. The number of nitrogens with zero attached hydrogens (tertiary/aromatic N) is 1. The molecule has 1 fully saturated rings. The summed E-state index contributed by atoms with van der Waals surface area (Å²) in [6.45, 7) is 7.19. The molecule has 1 aromatic rings. The summed E-state index contributed by atoms with van der Waals surface area (Å²) in [5.74, 6) is -0.330. The Morgan fingerprint density at radius 3 is 2.68 bits per heavy atom. The van der Waals surface area contributed by atoms with E-state index in [4.69, 9.17) is 9.47 Å². The van der Waals surface area contributed by atoms with E-state index in [-0.39, 0.29) is 11.8 Å². The quantitative estimate of drug-likeness (QED) is 0.730. The molecular formula is C18H22BrFN2O3. The number of aliphatic imine (C=N–C) groups is 1. The fourth-order valence-corrected chi connectivity index (χ4v) is 3.44. The summed E-state index contributed by atoms with van der Waals surface area (Å²) in [6.07, 6.45) is 1.63. The van der Waals surface area contributed by atoms with Crippen molar-refractivity contribution < 1.29 is 18.7 Å². The van der Waals surface area contributed by atoms with Crippen molar-refractivity contribution in [3.63, 3.8) is 0 Å². The van der Waals surface area contributed by atoms with Crippen molar-refractivity contribution in [2.45, 2.75) is 63.7 Å². The van der Waals surface area contributed by atoms with Crippen LogP contribution in [0.5, 0.6) is 0 Å². The summed E-state index contributed by atoms with van der Waals surface area (Å²) >= 11 is 3.38. The first-order valence-corrected chi connectivity index (χ1v) is 9.04. The van der Waals surface area contributed by atoms with Crippen molar-refractivity contribution in [2.75, 3.05) is 0 Å². The fourth-order valence-electron chi connectivity index (χ4n) is 3.08. The van der Waals surface area contributed by atoms with Crippen LogP contribution in [0, 0.1) is 5.82 Å². The highest BCUT2D eigenvalue weighted by Gasteiger charge is 2.55. The maximum atomic E-state index is 14.4. The molecule has 1 aromatic carbocycles. The van der Waals surface area contributed by atoms with Crippen LogP contribution in [0.1, 0.15) is 52.5 Å². The average molecular weight is 413 g/mol. The number of amides is 1. The molecule has 1 heterocycles. The third-order valence-corrected chi connectivity index (χ3v) is 4.75. The van der Waals surface area contributed by atoms with E-state index in [0.717, 1.165) is 17.3 Å². The molecule has 5 nitrogen and oxygen atoms in total. The summed E-state index contributed by atoms with van der Waals surface area (Å²) in [6, 6.07) is 4.87. The fraction of sp³-hybridized carbons (Fsp3) is 0.556. The van der Waals surface area contributed by atoms with Crippen LogP contribution in [-0.4, -0.2) is 23.3 Å². The predicted molar refractivity (Wildman–Crippen MR) is 95.9 cm³/mol. The van der Waals surface area contributed by atoms with Crippen molar-refractivity contribution in [2.24, 2.45) is 4.99 Å². The Hall–Kier alpha value is -1.63. The molecule has 0 aromatic heterocycles. The molecule has 1 saturated carbocycles. The standard InChI is InChI=1S/C18H22BrFN2O3/c1-16(2,3)25-15(23)21-14-22-17(4,10-18(24-14)7-8-18)12-9-11(19)5-6-13(12)20/h5-6,9H,7-8,10H2,1-4H3,(H,21,22,23). The number of halogens is 2. The number of hydrogen-bond acceptors (Lipinski definition) is 4. The van der Waals surface area contributed by atoms with Gasteiger partial charge in [0.25, 0.3) is 6.02 Å². The topological polar surface area (TPSA) is 59.9 Å². The molecule has 1 N–H and O–H groups in total. The highest BCUT2D eigenvalue weighted by Crippen LogP contribution is 2.52. The number of benzene rings is 1. The summed E-state index contributed by atoms with van der Waals surface area (Å²) in [5.41, 5.74) is -1.38. The Kier molecular flexibility index (Phi) is 4.34. The molecule has 1 spiro atoms. The zero-order valence-electron chi connectivity index (χ0n) is 14.8. The number of ether oxygens (including phenoxy) is 2. The molecular weight excluding hydrogens is 391 g/mol. The van der Waals surface area contributed by atoms with Crippen molar-refractivity contribution in [3.8, 4) is 0 Å². The Balaban J connectivity index is 1.91. The van der Waals surface area contributed by atoms with Gasteiger partial charge in [-0.15, -0.1) is 0 Å². The van der Waals surface area contributed by atoms with E-state index >= 15 is 0 Å². The Bertz CT molecular complexity index is 740. The van der Waals surface area contributed by atoms with Crippen LogP contribution in [-0.2, 0) is 15.0 Å². The van der Waals surface area contributed by atoms with Gasteiger partial charge in [-0.3, -0.25) is 0 Å². The monoisotopic (exact) mass is 412 g/mol. The SMILES string of the molecule is CC(C)(C)OC(=O)NC1=NC(C)(c2cc(Br)ccc2F)CC2(CC2)O1. The van der Waals surface area contributed by atoms with Crippen LogP contribution in [0.2, 0.25) is 0 Å². The maximum Gasteiger partial charge on any atom is 0.415 e. The third-order valence-electron chi connectivity index (χ3n) is 4.25. The first kappa shape index (κ1) is 18.2. The summed E-state index contributed by atoms with van der Waals surface area (Å²) in [7, 11) is 0. The lowest BCUT2D eigenvalue weighted by molar-refractivity contribution is 0.0495. The van der Waals surface area contributed by atoms with Gasteiger partial charge in [-0.05, 0) is 58.7 Å². The smallest absolute Gasteiger partial charge is 0.415 e. The number of nitrogens with one attached hydrogen (secondary N) is 1. The second-order valence-corrected chi connectivity index (χ2v) is 8.82. The number of hydrogen-bond donors (Lipinski definition) is 1. The zero-order valence-corrected chi connectivity index (χ0v) is 16.4. The molecule has 136 valence electrons. The lowest BCUT2D eigenvalue weighted by atomic mass is 9.85. The van der Waals surface area contributed by atoms with Crippen LogP contribution in [0.25, 0.3) is 0 Å². The highest BCUT2D eigenvalue weighted by molar-refractivity contribution is 9.10. The molecule has 3 rings (SSSR count). The van der Waals surface area contributed by atoms with E-state index in [1.165, 1.54) is 6.07 Å². The number of rotatable bonds is 1. The predicted octanol–water partition coefficient (Wildman–Crippen LogP) is 4.64. The molecule has 0 bridgehead atoms. The second-order valence-electron chi connectivity index (χ2n) is 7.90. The maximum absolute atomic E-state index is 14.4. The van der Waals surface area contributed by atoms with Crippen LogP contribution in [0.15, 0.2) is 27.7 Å². The van der Waals surface area contributed by atoms with Crippen molar-refractivity contribution >= 4 is 28.0 Å². The van der Waals surface area contributed by atoms with E-state index < -0.39 is 22.8 Å². The van der Waals surface area contributed by atoms with Gasteiger partial charge in [-0.25, -0.2) is 19.5 Å². The van der Waals surface area contributed by atoms with Gasteiger partial charge >= 0.3 is 6.09 Å². The molecule has 1 atom stereocenters. The lowest BCUT2D eigenvalue weighted by Crippen LogP contribution is -2.46. The number of amidine groups is 1. The zero-order chi connectivity index (χ0) is 18.5. The van der Waals surface area contributed by atoms with Crippen molar-refractivity contribution in [1.29, 1.82) is 0 Å². The Labute approximate surface area is 155 Å². The van der Waals surface area contributed by atoms with Gasteiger partial charge in [-0.1, -0.05) is 15.9 Å². The first-order chi connectivity index (χ1) is 11.5.